The summed E-state index contributed by atoms with van der Waals surface area (Å²) < 4.78 is 11.1. The maximum atomic E-state index is 13.5. The number of nitrogens with zero attached hydrogens (tertiary/aromatic N) is 2. The van der Waals surface area contributed by atoms with Gasteiger partial charge in [0.25, 0.3) is 0 Å². The first-order valence-corrected chi connectivity index (χ1v) is 12.5. The molecule has 3 aromatic heterocycles. The zero-order valence-electron chi connectivity index (χ0n) is 21.6. The molecular formula is C28H25ClN6O4. The summed E-state index contributed by atoms with van der Waals surface area (Å²) in [6, 6.07) is 12.3. The lowest BCUT2D eigenvalue weighted by molar-refractivity contribution is 0.388. The van der Waals surface area contributed by atoms with Crippen LogP contribution in [-0.2, 0) is 0 Å². The third-order valence-electron chi connectivity index (χ3n) is 6.49. The Balaban J connectivity index is 1.65. The van der Waals surface area contributed by atoms with Crippen molar-refractivity contribution in [2.24, 2.45) is 0 Å². The molecule has 1 unspecified atom stereocenters. The van der Waals surface area contributed by atoms with Crippen molar-refractivity contribution in [2.75, 3.05) is 17.7 Å². The number of hydrogen-bond donors (Lipinski definition) is 4. The number of aromatic nitrogens is 3. The lowest BCUT2D eigenvalue weighted by atomic mass is 9.98. The Labute approximate surface area is 227 Å². The fraction of sp³-hybridized carbons (Fsp3) is 0.179. The van der Waals surface area contributed by atoms with E-state index in [4.69, 9.17) is 21.4 Å². The summed E-state index contributed by atoms with van der Waals surface area (Å²) in [6.45, 7) is 5.58. The lowest BCUT2D eigenvalue weighted by Crippen LogP contribution is -2.13. The van der Waals surface area contributed by atoms with E-state index in [-0.39, 0.29) is 22.4 Å². The quantitative estimate of drug-likeness (QED) is 0.151. The van der Waals surface area contributed by atoms with Crippen molar-refractivity contribution in [1.82, 2.24) is 15.1 Å². The molecule has 0 fully saturated rings. The van der Waals surface area contributed by atoms with Crippen molar-refractivity contribution in [1.29, 1.82) is 5.41 Å². The molecule has 5 aromatic rings. The Morgan fingerprint density at radius 1 is 1.10 bits per heavy atom. The number of fused-ring (bicyclic) bond motifs is 1. The summed E-state index contributed by atoms with van der Waals surface area (Å²) in [6.07, 6.45) is 1.25. The highest BCUT2D eigenvalue weighted by Gasteiger charge is 2.21. The summed E-state index contributed by atoms with van der Waals surface area (Å²) in [5, 5.41) is 18.6. The van der Waals surface area contributed by atoms with Gasteiger partial charge in [-0.25, -0.2) is 9.78 Å². The molecule has 0 aliphatic rings. The number of anilines is 2. The second-order valence-corrected chi connectivity index (χ2v) is 9.54. The smallest absolute Gasteiger partial charge is 0.439 e. The molecule has 11 heteroatoms. The molecule has 0 amide bonds. The zero-order chi connectivity index (χ0) is 27.8. The molecule has 2 aromatic carbocycles. The van der Waals surface area contributed by atoms with Crippen molar-refractivity contribution >= 4 is 40.2 Å². The van der Waals surface area contributed by atoms with Gasteiger partial charge in [0.15, 0.2) is 5.43 Å². The van der Waals surface area contributed by atoms with E-state index in [1.807, 2.05) is 44.2 Å². The number of rotatable bonds is 7. The van der Waals surface area contributed by atoms with Crippen molar-refractivity contribution in [3.63, 3.8) is 0 Å². The van der Waals surface area contributed by atoms with Crippen LogP contribution in [0.3, 0.4) is 0 Å². The van der Waals surface area contributed by atoms with Gasteiger partial charge in [0.1, 0.15) is 22.2 Å². The van der Waals surface area contributed by atoms with Gasteiger partial charge in [-0.05, 0) is 62.7 Å². The molecule has 5 rings (SSSR count). The van der Waals surface area contributed by atoms with Gasteiger partial charge in [0.05, 0.1) is 17.1 Å². The Bertz CT molecular complexity index is 1860. The fourth-order valence-electron chi connectivity index (χ4n) is 4.59. The van der Waals surface area contributed by atoms with Crippen molar-refractivity contribution in [2.45, 2.75) is 26.8 Å². The summed E-state index contributed by atoms with van der Waals surface area (Å²) >= 11 is 6.12. The molecule has 4 N–H and O–H groups in total. The van der Waals surface area contributed by atoms with Crippen molar-refractivity contribution in [3.8, 4) is 22.8 Å². The normalized spacial score (nSPS) is 11.9. The van der Waals surface area contributed by atoms with Gasteiger partial charge in [0, 0.05) is 41.2 Å². The summed E-state index contributed by atoms with van der Waals surface area (Å²) in [7, 11) is 1.79. The molecule has 0 bridgehead atoms. The highest BCUT2D eigenvalue weighted by molar-refractivity contribution is 6.29. The van der Waals surface area contributed by atoms with E-state index < -0.39 is 5.76 Å². The molecular weight excluding hydrogens is 520 g/mol. The van der Waals surface area contributed by atoms with Crippen molar-refractivity contribution in [3.05, 3.63) is 90.6 Å². The molecule has 0 saturated heterocycles. The Morgan fingerprint density at radius 2 is 1.87 bits per heavy atom. The molecule has 0 aliphatic heterocycles. The summed E-state index contributed by atoms with van der Waals surface area (Å²) in [4.78, 5) is 31.9. The topological polar surface area (TPSA) is 150 Å². The highest BCUT2D eigenvalue weighted by Crippen LogP contribution is 2.34. The largest absolute Gasteiger partial charge is 0.455 e. The molecule has 39 heavy (non-hydrogen) atoms. The van der Waals surface area contributed by atoms with E-state index in [1.54, 1.807) is 26.1 Å². The van der Waals surface area contributed by atoms with Gasteiger partial charge in [-0.3, -0.25) is 14.3 Å². The minimum atomic E-state index is -0.714. The molecule has 0 saturated carbocycles. The Hall–Kier alpha value is -4.70. The van der Waals surface area contributed by atoms with Gasteiger partial charge in [0.2, 0.25) is 5.82 Å². The third-order valence-corrected chi connectivity index (χ3v) is 6.71. The maximum absolute atomic E-state index is 13.5. The van der Waals surface area contributed by atoms with Crippen LogP contribution in [0.15, 0.2) is 61.0 Å². The predicted octanol–water partition coefficient (Wildman–Crippen LogP) is 5.68. The second kappa shape index (κ2) is 10.2. The molecule has 1 atom stereocenters. The zero-order valence-corrected chi connectivity index (χ0v) is 22.4. The van der Waals surface area contributed by atoms with Gasteiger partial charge < -0.3 is 20.5 Å². The molecule has 0 spiro atoms. The van der Waals surface area contributed by atoms with Crippen LogP contribution in [0.4, 0.5) is 11.4 Å². The second-order valence-electron chi connectivity index (χ2n) is 9.15. The molecule has 0 radical (unpaired) electrons. The molecule has 0 aliphatic carbocycles. The van der Waals surface area contributed by atoms with Crippen LogP contribution in [0.5, 0.6) is 0 Å². The van der Waals surface area contributed by atoms with Crippen LogP contribution in [0.25, 0.3) is 33.8 Å². The third kappa shape index (κ3) is 4.82. The molecule has 198 valence electrons. The monoisotopic (exact) mass is 544 g/mol. The summed E-state index contributed by atoms with van der Waals surface area (Å²) in [5.74, 6) is -0.151. The number of hydrogen-bond acceptors (Lipinski definition) is 9. The van der Waals surface area contributed by atoms with Crippen LogP contribution < -0.4 is 21.8 Å². The first kappa shape index (κ1) is 25.9. The average Bonchev–Trinajstić information content (AvgIpc) is 3.37. The average molecular weight is 545 g/mol. The standard InChI is InChI=1S/C28H25ClN6O4/c1-13-9-18(15(3)32-21-7-8-22(29)33-23(21)27-34-28(37)39-35-27)26-19(10-13)24(36)14(2)25(38-26)16-5-6-20(31-4)17(11-16)12-30/h5-12,15,30-32H,1-4H3,(H,34,35,37). The molecule has 10 nitrogen and oxygen atoms in total. The van der Waals surface area contributed by atoms with Crippen molar-refractivity contribution < 1.29 is 8.94 Å². The summed E-state index contributed by atoms with van der Waals surface area (Å²) in [5.41, 5.74) is 5.43. The Kier molecular flexibility index (Phi) is 6.80. The van der Waals surface area contributed by atoms with Crippen LogP contribution in [0.2, 0.25) is 5.15 Å². The fourth-order valence-corrected chi connectivity index (χ4v) is 4.74. The SMILES string of the molecule is CNc1ccc(-c2oc3c(C(C)Nc4ccc(Cl)nc4-c4noc(=O)[nH]4)cc(C)cc3c(=O)c2C)cc1C=N. The predicted molar refractivity (Wildman–Crippen MR) is 152 cm³/mol. The van der Waals surface area contributed by atoms with E-state index in [2.05, 4.69) is 30.3 Å². The number of pyridine rings is 1. The van der Waals surface area contributed by atoms with Gasteiger partial charge in [-0.2, -0.15) is 0 Å². The van der Waals surface area contributed by atoms with Gasteiger partial charge in [-0.1, -0.05) is 22.8 Å². The highest BCUT2D eigenvalue weighted by atomic mass is 35.5. The maximum Gasteiger partial charge on any atom is 0.439 e. The first-order valence-electron chi connectivity index (χ1n) is 12.1. The van der Waals surface area contributed by atoms with E-state index in [0.717, 1.165) is 16.8 Å². The van der Waals surface area contributed by atoms with E-state index in [0.29, 0.717) is 44.8 Å². The van der Waals surface area contributed by atoms with Crippen LogP contribution in [-0.4, -0.2) is 28.4 Å². The van der Waals surface area contributed by atoms with Crippen LogP contribution >= 0.6 is 11.6 Å². The van der Waals surface area contributed by atoms with E-state index in [1.165, 1.54) is 6.21 Å². The first-order chi connectivity index (χ1) is 18.7. The van der Waals surface area contributed by atoms with E-state index in [9.17, 15) is 9.59 Å². The molecule has 3 heterocycles. The number of halogens is 1. The van der Waals surface area contributed by atoms with Crippen LogP contribution in [0, 0.1) is 19.3 Å². The number of H-pyrrole nitrogens is 1. The number of aryl methyl sites for hydroxylation is 1. The van der Waals surface area contributed by atoms with Gasteiger partial charge in [-0.15, -0.1) is 0 Å². The lowest BCUT2D eigenvalue weighted by Gasteiger charge is -2.20. The number of benzene rings is 2. The minimum absolute atomic E-state index is 0.128. The number of nitrogens with one attached hydrogen (secondary N) is 4. The minimum Gasteiger partial charge on any atom is -0.455 e. The number of aromatic amines is 1. The van der Waals surface area contributed by atoms with Gasteiger partial charge >= 0.3 is 5.76 Å². The van der Waals surface area contributed by atoms with E-state index >= 15 is 0 Å². The van der Waals surface area contributed by atoms with Crippen LogP contribution in [0.1, 0.15) is 35.2 Å². The Morgan fingerprint density at radius 3 is 2.56 bits per heavy atom.